The number of nitrogens with zero attached hydrogens (tertiary/aromatic N) is 3. The van der Waals surface area contributed by atoms with E-state index in [1.807, 2.05) is 23.6 Å². The molecule has 2 aromatic rings. The molecule has 1 aliphatic heterocycles. The molecule has 21 heavy (non-hydrogen) atoms. The monoisotopic (exact) mass is 302 g/mol. The van der Waals surface area contributed by atoms with Gasteiger partial charge in [-0.1, -0.05) is 12.1 Å². The maximum absolute atomic E-state index is 12.0. The number of carbonyl (C=O) groups excluding carboxylic acids is 2. The molecule has 1 aliphatic rings. The molecule has 0 aliphatic carbocycles. The van der Waals surface area contributed by atoms with Gasteiger partial charge in [0.05, 0.1) is 11.4 Å². The molecule has 0 bridgehead atoms. The van der Waals surface area contributed by atoms with Gasteiger partial charge in [0, 0.05) is 31.6 Å². The molecular weight excluding hydrogens is 288 g/mol. The van der Waals surface area contributed by atoms with Gasteiger partial charge >= 0.3 is 6.03 Å². The molecule has 2 heterocycles. The van der Waals surface area contributed by atoms with E-state index in [-0.39, 0.29) is 6.03 Å². The van der Waals surface area contributed by atoms with E-state index >= 15 is 0 Å². The summed E-state index contributed by atoms with van der Waals surface area (Å²) in [5, 5.41) is 4.97. The number of thiazole rings is 1. The third-order valence-electron chi connectivity index (χ3n) is 3.45. The van der Waals surface area contributed by atoms with Crippen molar-refractivity contribution in [3.05, 3.63) is 29.1 Å². The zero-order valence-corrected chi connectivity index (χ0v) is 12.5. The first kappa shape index (κ1) is 13.6. The third kappa shape index (κ3) is 2.36. The Kier molecular flexibility index (Phi) is 3.34. The highest BCUT2D eigenvalue weighted by Crippen LogP contribution is 2.32. The van der Waals surface area contributed by atoms with Crippen LogP contribution in [0.4, 0.5) is 15.6 Å². The Morgan fingerprint density at radius 1 is 1.38 bits per heavy atom. The molecule has 0 atom stereocenters. The van der Waals surface area contributed by atoms with Crippen LogP contribution < -0.4 is 10.2 Å². The predicted molar refractivity (Wildman–Crippen MR) is 82.5 cm³/mol. The Bertz CT molecular complexity index is 713. The Morgan fingerprint density at radius 3 is 2.95 bits per heavy atom. The molecule has 0 saturated carbocycles. The average molecular weight is 302 g/mol. The molecule has 0 saturated heterocycles. The summed E-state index contributed by atoms with van der Waals surface area (Å²) in [6, 6.07) is 5.92. The van der Waals surface area contributed by atoms with Gasteiger partial charge in [-0.2, -0.15) is 0 Å². The summed E-state index contributed by atoms with van der Waals surface area (Å²) in [7, 11) is 3.55. The van der Waals surface area contributed by atoms with Gasteiger partial charge in [-0.25, -0.2) is 9.78 Å². The van der Waals surface area contributed by atoms with Crippen molar-refractivity contribution in [1.29, 1.82) is 0 Å². The molecule has 0 fully saturated rings. The van der Waals surface area contributed by atoms with Crippen molar-refractivity contribution in [3.63, 3.8) is 0 Å². The number of anilines is 2. The fourth-order valence-electron chi connectivity index (χ4n) is 2.37. The predicted octanol–water partition coefficient (Wildman–Crippen LogP) is 2.38. The number of hydrogen-bond acceptors (Lipinski definition) is 4. The first-order valence-electron chi connectivity index (χ1n) is 6.38. The Hall–Kier alpha value is -2.41. The quantitative estimate of drug-likeness (QED) is 0.885. The topological polar surface area (TPSA) is 65.5 Å². The lowest BCUT2D eigenvalue weighted by molar-refractivity contribution is -0.105. The molecule has 0 radical (unpaired) electrons. The molecule has 3 amide bonds. The van der Waals surface area contributed by atoms with E-state index in [0.29, 0.717) is 18.1 Å². The van der Waals surface area contributed by atoms with Crippen LogP contribution in [0.15, 0.2) is 23.6 Å². The minimum atomic E-state index is -0.0266. The fraction of sp³-hybridized carbons (Fsp3) is 0.214. The van der Waals surface area contributed by atoms with Gasteiger partial charge in [-0.3, -0.25) is 9.69 Å². The van der Waals surface area contributed by atoms with Gasteiger partial charge in [0.15, 0.2) is 5.13 Å². The molecule has 0 unspecified atom stereocenters. The lowest BCUT2D eigenvalue weighted by atomic mass is 10.0. The van der Waals surface area contributed by atoms with Crippen molar-refractivity contribution in [2.45, 2.75) is 6.54 Å². The van der Waals surface area contributed by atoms with Crippen molar-refractivity contribution in [3.8, 4) is 11.3 Å². The SMILES string of the molecule is CN1Cc2ccc(-c3csc(NC=O)n3)cc2N(C)C1=O. The van der Waals surface area contributed by atoms with Crippen LogP contribution in [0.3, 0.4) is 0 Å². The standard InChI is InChI=1S/C14H14N4O2S/c1-17-6-10-4-3-9(5-12(10)18(2)14(17)20)11-7-21-13(16-11)15-8-19/h3-5,7-8H,6H2,1-2H3,(H,15,16,19). The second-order valence-electron chi connectivity index (χ2n) is 4.84. The van der Waals surface area contributed by atoms with Crippen LogP contribution in [0.2, 0.25) is 0 Å². The van der Waals surface area contributed by atoms with Gasteiger partial charge in [-0.15, -0.1) is 11.3 Å². The second-order valence-corrected chi connectivity index (χ2v) is 5.70. The molecule has 1 aromatic carbocycles. The van der Waals surface area contributed by atoms with Crippen LogP contribution in [0.5, 0.6) is 0 Å². The van der Waals surface area contributed by atoms with Crippen molar-refractivity contribution in [2.75, 3.05) is 24.3 Å². The zero-order chi connectivity index (χ0) is 15.0. The van der Waals surface area contributed by atoms with Gasteiger partial charge in [0.25, 0.3) is 0 Å². The van der Waals surface area contributed by atoms with E-state index in [1.54, 1.807) is 23.9 Å². The first-order valence-corrected chi connectivity index (χ1v) is 7.26. The van der Waals surface area contributed by atoms with Crippen molar-refractivity contribution < 1.29 is 9.59 Å². The van der Waals surface area contributed by atoms with E-state index in [4.69, 9.17) is 0 Å². The maximum atomic E-state index is 12.0. The van der Waals surface area contributed by atoms with Gasteiger partial charge in [0.1, 0.15) is 0 Å². The van der Waals surface area contributed by atoms with E-state index in [9.17, 15) is 9.59 Å². The Labute approximate surface area is 126 Å². The molecule has 0 spiro atoms. The smallest absolute Gasteiger partial charge is 0.323 e. The van der Waals surface area contributed by atoms with Crippen molar-refractivity contribution in [2.24, 2.45) is 0 Å². The largest absolute Gasteiger partial charge is 0.324 e. The van der Waals surface area contributed by atoms with Crippen LogP contribution >= 0.6 is 11.3 Å². The number of amides is 3. The van der Waals surface area contributed by atoms with Crippen LogP contribution in [0.25, 0.3) is 11.3 Å². The summed E-state index contributed by atoms with van der Waals surface area (Å²) in [5.74, 6) is 0. The zero-order valence-electron chi connectivity index (χ0n) is 11.7. The summed E-state index contributed by atoms with van der Waals surface area (Å²) >= 11 is 1.37. The van der Waals surface area contributed by atoms with Crippen LogP contribution in [0, 0.1) is 0 Å². The minimum Gasteiger partial charge on any atom is -0.323 e. The second kappa shape index (κ2) is 5.17. The number of hydrogen-bond donors (Lipinski definition) is 1. The van der Waals surface area contributed by atoms with Gasteiger partial charge < -0.3 is 10.2 Å². The number of rotatable bonds is 3. The number of urea groups is 1. The lowest BCUT2D eigenvalue weighted by Gasteiger charge is -2.32. The van der Waals surface area contributed by atoms with Crippen molar-refractivity contribution >= 4 is 34.6 Å². The molecule has 1 aromatic heterocycles. The number of benzene rings is 1. The summed E-state index contributed by atoms with van der Waals surface area (Å²) < 4.78 is 0. The first-order chi connectivity index (χ1) is 10.1. The molecule has 1 N–H and O–H groups in total. The molecule has 6 nitrogen and oxygen atoms in total. The summed E-state index contributed by atoms with van der Waals surface area (Å²) in [6.45, 7) is 0.605. The molecule has 108 valence electrons. The maximum Gasteiger partial charge on any atom is 0.324 e. The normalized spacial score (nSPS) is 14.1. The number of nitrogens with one attached hydrogen (secondary N) is 1. The number of aromatic nitrogens is 1. The highest BCUT2D eigenvalue weighted by Gasteiger charge is 2.25. The molecule has 7 heteroatoms. The lowest BCUT2D eigenvalue weighted by Crippen LogP contribution is -2.42. The van der Waals surface area contributed by atoms with Gasteiger partial charge in [-0.05, 0) is 11.6 Å². The van der Waals surface area contributed by atoms with E-state index < -0.39 is 0 Å². The van der Waals surface area contributed by atoms with Crippen molar-refractivity contribution in [1.82, 2.24) is 9.88 Å². The highest BCUT2D eigenvalue weighted by atomic mass is 32.1. The Balaban J connectivity index is 1.98. The highest BCUT2D eigenvalue weighted by molar-refractivity contribution is 7.14. The van der Waals surface area contributed by atoms with E-state index in [0.717, 1.165) is 22.5 Å². The summed E-state index contributed by atoms with van der Waals surface area (Å²) in [4.78, 5) is 30.1. The van der Waals surface area contributed by atoms with E-state index in [1.165, 1.54) is 11.3 Å². The fourth-order valence-corrected chi connectivity index (χ4v) is 3.05. The van der Waals surface area contributed by atoms with Crippen LogP contribution in [0.1, 0.15) is 5.56 Å². The Morgan fingerprint density at radius 2 is 2.19 bits per heavy atom. The summed E-state index contributed by atoms with van der Waals surface area (Å²) in [5.41, 5.74) is 3.71. The van der Waals surface area contributed by atoms with E-state index in [2.05, 4.69) is 10.3 Å². The minimum absolute atomic E-state index is 0.0266. The van der Waals surface area contributed by atoms with Gasteiger partial charge in [0.2, 0.25) is 6.41 Å². The van der Waals surface area contributed by atoms with Crippen LogP contribution in [-0.2, 0) is 11.3 Å². The van der Waals surface area contributed by atoms with Crippen LogP contribution in [-0.4, -0.2) is 36.4 Å². The summed E-state index contributed by atoms with van der Waals surface area (Å²) in [6.07, 6.45) is 0.609. The number of carbonyl (C=O) groups is 2. The molecular formula is C14H14N4O2S. The number of fused-ring (bicyclic) bond motifs is 1. The average Bonchev–Trinajstić information content (AvgIpc) is 2.94. The third-order valence-corrected chi connectivity index (χ3v) is 4.22. The molecule has 3 rings (SSSR count).